The van der Waals surface area contributed by atoms with Crippen LogP contribution in [-0.2, 0) is 4.74 Å². The Kier molecular flexibility index (Phi) is 5.19. The van der Waals surface area contributed by atoms with Crippen molar-refractivity contribution in [2.75, 3.05) is 18.5 Å². The predicted octanol–water partition coefficient (Wildman–Crippen LogP) is 3.16. The standard InChI is InChI=1S/C13H21NO/c1-11(2)12(3)15-10-9-14-13-7-5-4-6-8-13/h4-8,11-12,14H,9-10H2,1-3H3. The molecule has 2 heteroatoms. The van der Waals surface area contributed by atoms with Crippen molar-refractivity contribution in [1.29, 1.82) is 0 Å². The van der Waals surface area contributed by atoms with E-state index >= 15 is 0 Å². The molecule has 1 aromatic rings. The summed E-state index contributed by atoms with van der Waals surface area (Å²) in [7, 11) is 0. The second-order valence-electron chi connectivity index (χ2n) is 4.11. The van der Waals surface area contributed by atoms with Gasteiger partial charge in [-0.25, -0.2) is 0 Å². The fourth-order valence-corrected chi connectivity index (χ4v) is 1.19. The lowest BCUT2D eigenvalue weighted by molar-refractivity contribution is 0.0421. The molecule has 1 atom stereocenters. The number of nitrogens with one attached hydrogen (secondary N) is 1. The number of benzene rings is 1. The van der Waals surface area contributed by atoms with E-state index in [-0.39, 0.29) is 0 Å². The van der Waals surface area contributed by atoms with Gasteiger partial charge in [-0.3, -0.25) is 0 Å². The first kappa shape index (κ1) is 12.1. The highest BCUT2D eigenvalue weighted by atomic mass is 16.5. The molecule has 2 nitrogen and oxygen atoms in total. The predicted molar refractivity (Wildman–Crippen MR) is 65.2 cm³/mol. The number of rotatable bonds is 6. The number of hydrogen-bond donors (Lipinski definition) is 1. The quantitative estimate of drug-likeness (QED) is 0.723. The third-order valence-corrected chi connectivity index (χ3v) is 2.52. The van der Waals surface area contributed by atoms with Crippen LogP contribution < -0.4 is 5.32 Å². The van der Waals surface area contributed by atoms with Gasteiger partial charge in [-0.1, -0.05) is 32.0 Å². The SMILES string of the molecule is CC(C)C(C)OCCNc1ccccc1. The van der Waals surface area contributed by atoms with Gasteiger partial charge >= 0.3 is 0 Å². The van der Waals surface area contributed by atoms with Crippen molar-refractivity contribution in [1.82, 2.24) is 0 Å². The fraction of sp³-hybridized carbons (Fsp3) is 0.538. The van der Waals surface area contributed by atoms with Gasteiger partial charge in [-0.15, -0.1) is 0 Å². The first-order chi connectivity index (χ1) is 7.20. The molecular weight excluding hydrogens is 186 g/mol. The number of ether oxygens (including phenoxy) is 1. The minimum Gasteiger partial charge on any atom is -0.383 e. The molecule has 0 spiro atoms. The average Bonchev–Trinajstić information content (AvgIpc) is 2.25. The molecule has 1 N–H and O–H groups in total. The van der Waals surface area contributed by atoms with Crippen LogP contribution in [0, 0.1) is 5.92 Å². The van der Waals surface area contributed by atoms with Gasteiger partial charge in [0, 0.05) is 12.2 Å². The molecule has 0 fully saturated rings. The molecule has 0 aliphatic heterocycles. The number of para-hydroxylation sites is 1. The minimum atomic E-state index is 0.336. The second kappa shape index (κ2) is 6.46. The van der Waals surface area contributed by atoms with E-state index in [4.69, 9.17) is 4.74 Å². The molecule has 0 aliphatic rings. The lowest BCUT2D eigenvalue weighted by Gasteiger charge is -2.16. The monoisotopic (exact) mass is 207 g/mol. The van der Waals surface area contributed by atoms with Crippen LogP contribution in [0.3, 0.4) is 0 Å². The van der Waals surface area contributed by atoms with Crippen LogP contribution in [0.5, 0.6) is 0 Å². The van der Waals surface area contributed by atoms with E-state index in [9.17, 15) is 0 Å². The molecule has 0 heterocycles. The van der Waals surface area contributed by atoms with Crippen molar-refractivity contribution in [2.24, 2.45) is 5.92 Å². The molecule has 1 aromatic carbocycles. The Hall–Kier alpha value is -1.02. The van der Waals surface area contributed by atoms with Crippen molar-refractivity contribution in [3.8, 4) is 0 Å². The highest BCUT2D eigenvalue weighted by Crippen LogP contribution is 2.06. The Morgan fingerprint density at radius 1 is 1.13 bits per heavy atom. The van der Waals surface area contributed by atoms with Crippen molar-refractivity contribution in [3.05, 3.63) is 30.3 Å². The normalized spacial score (nSPS) is 12.8. The van der Waals surface area contributed by atoms with Crippen LogP contribution in [0.2, 0.25) is 0 Å². The zero-order chi connectivity index (χ0) is 11.1. The summed E-state index contributed by atoms with van der Waals surface area (Å²) in [4.78, 5) is 0. The molecule has 0 bridgehead atoms. The van der Waals surface area contributed by atoms with Crippen molar-refractivity contribution < 1.29 is 4.74 Å². The summed E-state index contributed by atoms with van der Waals surface area (Å²) in [6.07, 6.45) is 0.336. The Morgan fingerprint density at radius 2 is 1.80 bits per heavy atom. The van der Waals surface area contributed by atoms with Crippen molar-refractivity contribution >= 4 is 5.69 Å². The Morgan fingerprint density at radius 3 is 2.40 bits per heavy atom. The van der Waals surface area contributed by atoms with Crippen LogP contribution in [0.1, 0.15) is 20.8 Å². The fourth-order valence-electron chi connectivity index (χ4n) is 1.19. The van der Waals surface area contributed by atoms with E-state index in [2.05, 4.69) is 38.2 Å². The summed E-state index contributed by atoms with van der Waals surface area (Å²) in [6, 6.07) is 10.2. The van der Waals surface area contributed by atoms with E-state index in [0.29, 0.717) is 12.0 Å². The third-order valence-electron chi connectivity index (χ3n) is 2.52. The van der Waals surface area contributed by atoms with Crippen LogP contribution >= 0.6 is 0 Å². The van der Waals surface area contributed by atoms with Gasteiger partial charge in [-0.05, 0) is 25.0 Å². The van der Waals surface area contributed by atoms with Crippen molar-refractivity contribution in [2.45, 2.75) is 26.9 Å². The van der Waals surface area contributed by atoms with E-state index in [1.807, 2.05) is 18.2 Å². The molecule has 0 saturated carbocycles. The first-order valence-corrected chi connectivity index (χ1v) is 5.60. The van der Waals surface area contributed by atoms with Gasteiger partial charge in [0.2, 0.25) is 0 Å². The third kappa shape index (κ3) is 4.84. The molecule has 0 saturated heterocycles. The van der Waals surface area contributed by atoms with E-state index in [1.54, 1.807) is 0 Å². The Labute approximate surface area is 92.6 Å². The minimum absolute atomic E-state index is 0.336. The summed E-state index contributed by atoms with van der Waals surface area (Å²) in [5.41, 5.74) is 1.15. The molecule has 0 aliphatic carbocycles. The van der Waals surface area contributed by atoms with Crippen LogP contribution in [0.25, 0.3) is 0 Å². The zero-order valence-corrected chi connectivity index (χ0v) is 9.86. The van der Waals surface area contributed by atoms with E-state index in [0.717, 1.165) is 18.8 Å². The molecule has 84 valence electrons. The van der Waals surface area contributed by atoms with Crippen LogP contribution in [0.15, 0.2) is 30.3 Å². The topological polar surface area (TPSA) is 21.3 Å². The maximum absolute atomic E-state index is 5.66. The number of anilines is 1. The molecule has 0 aromatic heterocycles. The van der Waals surface area contributed by atoms with Crippen LogP contribution in [0.4, 0.5) is 5.69 Å². The Bertz CT molecular complexity index is 258. The summed E-state index contributed by atoms with van der Waals surface area (Å²) in [5, 5.41) is 3.31. The van der Waals surface area contributed by atoms with Gasteiger partial charge < -0.3 is 10.1 Å². The highest BCUT2D eigenvalue weighted by Gasteiger charge is 2.05. The lowest BCUT2D eigenvalue weighted by Crippen LogP contribution is -2.19. The summed E-state index contributed by atoms with van der Waals surface area (Å²) >= 11 is 0. The van der Waals surface area contributed by atoms with Gasteiger partial charge in [0.05, 0.1) is 12.7 Å². The second-order valence-corrected chi connectivity index (χ2v) is 4.11. The molecule has 0 amide bonds. The molecular formula is C13H21NO. The summed E-state index contributed by atoms with van der Waals surface area (Å²) < 4.78 is 5.66. The molecule has 1 rings (SSSR count). The largest absolute Gasteiger partial charge is 0.383 e. The maximum Gasteiger partial charge on any atom is 0.0642 e. The van der Waals surface area contributed by atoms with Crippen molar-refractivity contribution in [3.63, 3.8) is 0 Å². The summed E-state index contributed by atoms with van der Waals surface area (Å²) in [5.74, 6) is 0.585. The van der Waals surface area contributed by atoms with E-state index < -0.39 is 0 Å². The smallest absolute Gasteiger partial charge is 0.0642 e. The van der Waals surface area contributed by atoms with Crippen LogP contribution in [-0.4, -0.2) is 19.3 Å². The molecule has 0 radical (unpaired) electrons. The maximum atomic E-state index is 5.66. The van der Waals surface area contributed by atoms with Gasteiger partial charge in [0.25, 0.3) is 0 Å². The first-order valence-electron chi connectivity index (χ1n) is 5.60. The van der Waals surface area contributed by atoms with Gasteiger partial charge in [0.1, 0.15) is 0 Å². The zero-order valence-electron chi connectivity index (χ0n) is 9.86. The van der Waals surface area contributed by atoms with Gasteiger partial charge in [0.15, 0.2) is 0 Å². The number of hydrogen-bond acceptors (Lipinski definition) is 2. The lowest BCUT2D eigenvalue weighted by atomic mass is 10.1. The summed E-state index contributed by atoms with van der Waals surface area (Å²) in [6.45, 7) is 8.09. The Balaban J connectivity index is 2.12. The molecule has 15 heavy (non-hydrogen) atoms. The molecule has 1 unspecified atom stereocenters. The average molecular weight is 207 g/mol. The van der Waals surface area contributed by atoms with E-state index in [1.165, 1.54) is 0 Å². The van der Waals surface area contributed by atoms with Gasteiger partial charge in [-0.2, -0.15) is 0 Å². The highest BCUT2D eigenvalue weighted by molar-refractivity contribution is 5.42.